The molecule has 22 heavy (non-hydrogen) atoms. The molecule has 0 N–H and O–H groups in total. The summed E-state index contributed by atoms with van der Waals surface area (Å²) in [5.41, 5.74) is 2.02. The number of aromatic nitrogens is 4. The highest BCUT2D eigenvalue weighted by atomic mass is 16.5. The van der Waals surface area contributed by atoms with E-state index in [0.717, 1.165) is 36.5 Å². The molecule has 0 bridgehead atoms. The zero-order valence-corrected chi connectivity index (χ0v) is 12.4. The fourth-order valence-corrected chi connectivity index (χ4v) is 2.92. The molecule has 0 saturated carbocycles. The fourth-order valence-electron chi connectivity index (χ4n) is 2.92. The highest BCUT2D eigenvalue weighted by Gasteiger charge is 2.27. The lowest BCUT2D eigenvalue weighted by Crippen LogP contribution is -2.26. The number of pyridine rings is 2. The number of hydrogen-bond donors (Lipinski definition) is 0. The van der Waals surface area contributed by atoms with E-state index in [9.17, 15) is 0 Å². The first kappa shape index (κ1) is 13.1. The number of rotatable bonds is 3. The van der Waals surface area contributed by atoms with Crippen molar-refractivity contribution in [2.75, 3.05) is 18.0 Å². The van der Waals surface area contributed by atoms with Crippen molar-refractivity contribution >= 4 is 17.0 Å². The van der Waals surface area contributed by atoms with Crippen LogP contribution in [0.2, 0.25) is 0 Å². The van der Waals surface area contributed by atoms with Crippen LogP contribution in [-0.2, 0) is 7.05 Å². The molecule has 4 rings (SSSR count). The van der Waals surface area contributed by atoms with Gasteiger partial charge in [0.25, 0.3) is 0 Å². The Bertz CT molecular complexity index is 786. The highest BCUT2D eigenvalue weighted by molar-refractivity contribution is 5.77. The second kappa shape index (κ2) is 5.29. The van der Waals surface area contributed by atoms with Crippen molar-refractivity contribution in [2.45, 2.75) is 12.5 Å². The third kappa shape index (κ3) is 2.26. The van der Waals surface area contributed by atoms with E-state index >= 15 is 0 Å². The number of anilines is 1. The summed E-state index contributed by atoms with van der Waals surface area (Å²) < 4.78 is 8.05. The predicted octanol–water partition coefficient (Wildman–Crippen LogP) is 2.02. The van der Waals surface area contributed by atoms with Gasteiger partial charge in [-0.3, -0.25) is 4.98 Å². The van der Waals surface area contributed by atoms with E-state index < -0.39 is 0 Å². The van der Waals surface area contributed by atoms with Gasteiger partial charge in [0.1, 0.15) is 11.6 Å². The summed E-state index contributed by atoms with van der Waals surface area (Å²) in [6.07, 6.45) is 6.47. The Morgan fingerprint density at radius 3 is 3.00 bits per heavy atom. The van der Waals surface area contributed by atoms with Gasteiger partial charge in [0.2, 0.25) is 11.8 Å². The number of ether oxygens (including phenoxy) is 1. The first-order chi connectivity index (χ1) is 10.8. The Kier molecular flexibility index (Phi) is 3.14. The molecule has 1 atom stereocenters. The van der Waals surface area contributed by atoms with E-state index in [1.165, 1.54) is 0 Å². The number of nitrogens with zero attached hydrogens (tertiary/aromatic N) is 5. The van der Waals surface area contributed by atoms with Gasteiger partial charge in [-0.2, -0.15) is 0 Å². The average molecular weight is 295 g/mol. The largest absolute Gasteiger partial charge is 0.472 e. The molecule has 0 aliphatic carbocycles. The second-order valence-corrected chi connectivity index (χ2v) is 5.48. The van der Waals surface area contributed by atoms with Gasteiger partial charge in [0.15, 0.2) is 0 Å². The lowest BCUT2D eigenvalue weighted by Gasteiger charge is -2.17. The van der Waals surface area contributed by atoms with Gasteiger partial charge in [-0.1, -0.05) is 6.07 Å². The maximum Gasteiger partial charge on any atom is 0.213 e. The number of aryl methyl sites for hydroxylation is 1. The SMILES string of the molecule is Cn1c(N2CCC(Oc3ccccn3)C2)nc2cnccc21. The quantitative estimate of drug-likeness (QED) is 0.740. The molecule has 1 aliphatic heterocycles. The standard InChI is InChI=1S/C16H17N5O/c1-20-14-5-8-17-10-13(14)19-16(20)21-9-6-12(11-21)22-15-4-2-3-7-18-15/h2-5,7-8,10,12H,6,9,11H2,1H3. The minimum Gasteiger partial charge on any atom is -0.472 e. The van der Waals surface area contributed by atoms with Crippen LogP contribution in [0.5, 0.6) is 5.88 Å². The maximum absolute atomic E-state index is 5.94. The predicted molar refractivity (Wildman–Crippen MR) is 84.0 cm³/mol. The van der Waals surface area contributed by atoms with Crippen molar-refractivity contribution in [3.63, 3.8) is 0 Å². The van der Waals surface area contributed by atoms with E-state index in [4.69, 9.17) is 9.72 Å². The summed E-state index contributed by atoms with van der Waals surface area (Å²) in [6.45, 7) is 1.75. The van der Waals surface area contributed by atoms with Gasteiger partial charge in [0.05, 0.1) is 18.3 Å². The molecule has 112 valence electrons. The second-order valence-electron chi connectivity index (χ2n) is 5.48. The van der Waals surface area contributed by atoms with Crippen molar-refractivity contribution < 1.29 is 4.74 Å². The molecule has 0 radical (unpaired) electrons. The fraction of sp³-hybridized carbons (Fsp3) is 0.312. The molecule has 4 heterocycles. The Labute approximate surface area is 128 Å². The molecule has 1 fully saturated rings. The minimum atomic E-state index is 0.146. The summed E-state index contributed by atoms with van der Waals surface area (Å²) in [6, 6.07) is 7.71. The van der Waals surface area contributed by atoms with Crippen molar-refractivity contribution in [3.05, 3.63) is 42.9 Å². The van der Waals surface area contributed by atoms with Crippen LogP contribution in [-0.4, -0.2) is 38.7 Å². The summed E-state index contributed by atoms with van der Waals surface area (Å²) in [5, 5.41) is 0. The first-order valence-electron chi connectivity index (χ1n) is 7.40. The summed E-state index contributed by atoms with van der Waals surface area (Å²) in [4.78, 5) is 15.3. The Hall–Kier alpha value is -2.63. The van der Waals surface area contributed by atoms with Crippen LogP contribution in [0.3, 0.4) is 0 Å². The molecule has 1 aliphatic rings. The van der Waals surface area contributed by atoms with Crippen LogP contribution in [0.4, 0.5) is 5.95 Å². The van der Waals surface area contributed by atoms with Gasteiger partial charge in [0, 0.05) is 38.5 Å². The van der Waals surface area contributed by atoms with Crippen LogP contribution < -0.4 is 9.64 Å². The molecule has 0 amide bonds. The smallest absolute Gasteiger partial charge is 0.213 e. The monoisotopic (exact) mass is 295 g/mol. The molecular formula is C16H17N5O. The molecule has 3 aromatic heterocycles. The Morgan fingerprint density at radius 2 is 2.18 bits per heavy atom. The molecule has 6 nitrogen and oxygen atoms in total. The van der Waals surface area contributed by atoms with Gasteiger partial charge in [-0.25, -0.2) is 9.97 Å². The van der Waals surface area contributed by atoms with Crippen molar-refractivity contribution in [1.29, 1.82) is 0 Å². The van der Waals surface area contributed by atoms with Gasteiger partial charge in [-0.15, -0.1) is 0 Å². The topological polar surface area (TPSA) is 56.1 Å². The lowest BCUT2D eigenvalue weighted by molar-refractivity contribution is 0.215. The van der Waals surface area contributed by atoms with Crippen molar-refractivity contribution in [3.8, 4) is 5.88 Å². The van der Waals surface area contributed by atoms with E-state index in [0.29, 0.717) is 5.88 Å². The minimum absolute atomic E-state index is 0.146. The number of imidazole rings is 1. The highest BCUT2D eigenvalue weighted by Crippen LogP contribution is 2.25. The summed E-state index contributed by atoms with van der Waals surface area (Å²) >= 11 is 0. The molecule has 1 saturated heterocycles. The van der Waals surface area contributed by atoms with Crippen LogP contribution in [0.25, 0.3) is 11.0 Å². The molecular weight excluding hydrogens is 278 g/mol. The van der Waals surface area contributed by atoms with Crippen LogP contribution in [0, 0.1) is 0 Å². The molecule has 0 aromatic carbocycles. The first-order valence-corrected chi connectivity index (χ1v) is 7.40. The normalized spacial score (nSPS) is 18.0. The number of hydrogen-bond acceptors (Lipinski definition) is 5. The van der Waals surface area contributed by atoms with Gasteiger partial charge >= 0.3 is 0 Å². The Balaban J connectivity index is 1.53. The van der Waals surface area contributed by atoms with E-state index in [2.05, 4.69) is 19.4 Å². The third-order valence-electron chi connectivity index (χ3n) is 4.01. The average Bonchev–Trinajstić information content (AvgIpc) is 3.14. The molecule has 6 heteroatoms. The summed E-state index contributed by atoms with van der Waals surface area (Å²) in [7, 11) is 2.04. The van der Waals surface area contributed by atoms with Crippen molar-refractivity contribution in [1.82, 2.24) is 19.5 Å². The zero-order chi connectivity index (χ0) is 14.9. The van der Waals surface area contributed by atoms with E-state index in [1.54, 1.807) is 18.6 Å². The summed E-state index contributed by atoms with van der Waals surface area (Å²) in [5.74, 6) is 1.65. The van der Waals surface area contributed by atoms with Gasteiger partial charge < -0.3 is 14.2 Å². The lowest BCUT2D eigenvalue weighted by atomic mass is 10.3. The van der Waals surface area contributed by atoms with Gasteiger partial charge in [-0.05, 0) is 12.1 Å². The third-order valence-corrected chi connectivity index (χ3v) is 4.01. The molecule has 0 spiro atoms. The molecule has 3 aromatic rings. The number of fused-ring (bicyclic) bond motifs is 1. The molecule has 1 unspecified atom stereocenters. The zero-order valence-electron chi connectivity index (χ0n) is 12.4. The Morgan fingerprint density at radius 1 is 1.23 bits per heavy atom. The van der Waals surface area contributed by atoms with Crippen LogP contribution >= 0.6 is 0 Å². The van der Waals surface area contributed by atoms with Crippen LogP contribution in [0.15, 0.2) is 42.9 Å². The van der Waals surface area contributed by atoms with Crippen molar-refractivity contribution in [2.24, 2.45) is 7.05 Å². The van der Waals surface area contributed by atoms with E-state index in [1.807, 2.05) is 31.3 Å². The van der Waals surface area contributed by atoms with E-state index in [-0.39, 0.29) is 6.10 Å². The van der Waals surface area contributed by atoms with Crippen LogP contribution in [0.1, 0.15) is 6.42 Å². The maximum atomic E-state index is 5.94.